The number of methoxy groups -OCH3 is 1. The maximum absolute atomic E-state index is 12.5. The van der Waals surface area contributed by atoms with Gasteiger partial charge in [0.05, 0.1) is 7.11 Å². The van der Waals surface area contributed by atoms with Gasteiger partial charge in [-0.3, -0.25) is 9.59 Å². The molecule has 138 valence electrons. The fraction of sp³-hybridized carbons (Fsp3) is 0.600. The van der Waals surface area contributed by atoms with Crippen LogP contribution in [0.15, 0.2) is 24.3 Å². The monoisotopic (exact) mass is 346 g/mol. The standard InChI is InChI=1S/C20H30N2O3/c1-3-5-19(23)21-14-17-6-4-13-22(15-17)20(24)12-9-16-7-10-18(25-2)11-8-16/h7-8,10-11,17H,3-6,9,12-15H2,1-2H3,(H,21,23)/t17-/m1/s1. The summed E-state index contributed by atoms with van der Waals surface area (Å²) in [5.74, 6) is 1.53. The van der Waals surface area contributed by atoms with Crippen LogP contribution in [-0.2, 0) is 16.0 Å². The van der Waals surface area contributed by atoms with Gasteiger partial charge < -0.3 is 15.0 Å². The summed E-state index contributed by atoms with van der Waals surface area (Å²) in [6, 6.07) is 7.87. The van der Waals surface area contributed by atoms with Gasteiger partial charge in [-0.25, -0.2) is 0 Å². The van der Waals surface area contributed by atoms with E-state index < -0.39 is 0 Å². The van der Waals surface area contributed by atoms with Gasteiger partial charge in [0.15, 0.2) is 0 Å². The highest BCUT2D eigenvalue weighted by atomic mass is 16.5. The molecule has 1 aliphatic rings. The van der Waals surface area contributed by atoms with Crippen LogP contribution in [0.3, 0.4) is 0 Å². The molecule has 1 heterocycles. The van der Waals surface area contributed by atoms with E-state index in [1.165, 1.54) is 0 Å². The maximum atomic E-state index is 12.5. The summed E-state index contributed by atoms with van der Waals surface area (Å²) in [6.07, 6.45) is 4.82. The van der Waals surface area contributed by atoms with Crippen molar-refractivity contribution in [1.29, 1.82) is 0 Å². The van der Waals surface area contributed by atoms with Gasteiger partial charge >= 0.3 is 0 Å². The van der Waals surface area contributed by atoms with Crippen LogP contribution < -0.4 is 10.1 Å². The van der Waals surface area contributed by atoms with Gasteiger partial charge in [0.1, 0.15) is 5.75 Å². The molecule has 1 N–H and O–H groups in total. The van der Waals surface area contributed by atoms with Gasteiger partial charge in [0, 0.05) is 32.5 Å². The topological polar surface area (TPSA) is 58.6 Å². The van der Waals surface area contributed by atoms with Crippen LogP contribution in [-0.4, -0.2) is 43.5 Å². The summed E-state index contributed by atoms with van der Waals surface area (Å²) in [4.78, 5) is 26.1. The summed E-state index contributed by atoms with van der Waals surface area (Å²) in [5, 5.41) is 2.99. The van der Waals surface area contributed by atoms with Gasteiger partial charge in [-0.15, -0.1) is 0 Å². The molecule has 25 heavy (non-hydrogen) atoms. The van der Waals surface area contributed by atoms with E-state index in [1.807, 2.05) is 36.1 Å². The molecule has 0 bridgehead atoms. The van der Waals surface area contributed by atoms with E-state index in [0.717, 1.165) is 50.1 Å². The Labute approximate surface area is 150 Å². The summed E-state index contributed by atoms with van der Waals surface area (Å²) >= 11 is 0. The molecule has 0 aromatic heterocycles. The van der Waals surface area contributed by atoms with Gasteiger partial charge in [0.25, 0.3) is 0 Å². The first-order valence-electron chi connectivity index (χ1n) is 9.29. The largest absolute Gasteiger partial charge is 0.497 e. The molecule has 1 aromatic carbocycles. The minimum absolute atomic E-state index is 0.116. The molecule has 0 radical (unpaired) electrons. The third-order valence-electron chi connectivity index (χ3n) is 4.72. The normalized spacial score (nSPS) is 17.2. The number of aryl methyl sites for hydroxylation is 1. The van der Waals surface area contributed by atoms with Crippen molar-refractivity contribution in [2.75, 3.05) is 26.7 Å². The first kappa shape index (κ1) is 19.3. The first-order valence-corrected chi connectivity index (χ1v) is 9.29. The second-order valence-corrected chi connectivity index (χ2v) is 6.75. The van der Waals surface area contributed by atoms with E-state index in [-0.39, 0.29) is 11.8 Å². The van der Waals surface area contributed by atoms with Crippen LogP contribution in [0.25, 0.3) is 0 Å². The molecular weight excluding hydrogens is 316 g/mol. The first-order chi connectivity index (χ1) is 12.1. The van der Waals surface area contributed by atoms with Crippen molar-refractivity contribution in [1.82, 2.24) is 10.2 Å². The average molecular weight is 346 g/mol. The Morgan fingerprint density at radius 3 is 2.68 bits per heavy atom. The van der Waals surface area contributed by atoms with Crippen molar-refractivity contribution in [3.63, 3.8) is 0 Å². The number of carbonyl (C=O) groups excluding carboxylic acids is 2. The zero-order chi connectivity index (χ0) is 18.1. The Hall–Kier alpha value is -2.04. The number of ether oxygens (including phenoxy) is 1. The fourth-order valence-corrected chi connectivity index (χ4v) is 3.23. The van der Waals surface area contributed by atoms with Gasteiger partial charge in [-0.1, -0.05) is 19.1 Å². The van der Waals surface area contributed by atoms with E-state index in [1.54, 1.807) is 7.11 Å². The predicted molar refractivity (Wildman–Crippen MR) is 98.5 cm³/mol. The van der Waals surface area contributed by atoms with Crippen LogP contribution >= 0.6 is 0 Å². The lowest BCUT2D eigenvalue weighted by Gasteiger charge is -2.33. The number of nitrogens with zero attached hydrogens (tertiary/aromatic N) is 1. The molecule has 5 heteroatoms. The third kappa shape index (κ3) is 6.40. The number of benzene rings is 1. The van der Waals surface area contributed by atoms with E-state index in [4.69, 9.17) is 4.74 Å². The van der Waals surface area contributed by atoms with E-state index in [2.05, 4.69) is 5.32 Å². The molecule has 0 aliphatic carbocycles. The summed E-state index contributed by atoms with van der Waals surface area (Å²) in [7, 11) is 1.65. The SMILES string of the molecule is CCCC(=O)NC[C@H]1CCCN(C(=O)CCc2ccc(OC)cc2)C1. The molecule has 5 nitrogen and oxygen atoms in total. The number of amides is 2. The lowest BCUT2D eigenvalue weighted by molar-refractivity contribution is -0.132. The van der Waals surface area contributed by atoms with Crippen molar-refractivity contribution in [3.05, 3.63) is 29.8 Å². The Morgan fingerprint density at radius 1 is 1.24 bits per heavy atom. The van der Waals surface area contributed by atoms with Crippen LogP contribution in [0.4, 0.5) is 0 Å². The number of hydrogen-bond donors (Lipinski definition) is 1. The van der Waals surface area contributed by atoms with Crippen LogP contribution in [0.1, 0.15) is 44.6 Å². The van der Waals surface area contributed by atoms with Crippen molar-refractivity contribution < 1.29 is 14.3 Å². The zero-order valence-corrected chi connectivity index (χ0v) is 15.4. The molecule has 1 fully saturated rings. The number of nitrogens with one attached hydrogen (secondary N) is 1. The van der Waals surface area contributed by atoms with E-state index in [0.29, 0.717) is 25.3 Å². The molecule has 0 unspecified atom stereocenters. The minimum Gasteiger partial charge on any atom is -0.497 e. The molecule has 0 saturated carbocycles. The van der Waals surface area contributed by atoms with Crippen molar-refractivity contribution >= 4 is 11.8 Å². The molecule has 2 amide bonds. The molecule has 1 aliphatic heterocycles. The van der Waals surface area contributed by atoms with Crippen molar-refractivity contribution in [3.8, 4) is 5.75 Å². The average Bonchev–Trinajstić information content (AvgIpc) is 2.65. The number of rotatable bonds is 8. The van der Waals surface area contributed by atoms with Crippen molar-refractivity contribution in [2.24, 2.45) is 5.92 Å². The minimum atomic E-state index is 0.116. The van der Waals surface area contributed by atoms with Crippen molar-refractivity contribution in [2.45, 2.75) is 45.4 Å². The van der Waals surface area contributed by atoms with E-state index in [9.17, 15) is 9.59 Å². The molecule has 1 saturated heterocycles. The molecular formula is C20H30N2O3. The Morgan fingerprint density at radius 2 is 2.00 bits per heavy atom. The predicted octanol–water partition coefficient (Wildman–Crippen LogP) is 2.78. The second-order valence-electron chi connectivity index (χ2n) is 6.75. The zero-order valence-electron chi connectivity index (χ0n) is 15.4. The molecule has 1 aromatic rings. The highest BCUT2D eigenvalue weighted by Gasteiger charge is 2.23. The third-order valence-corrected chi connectivity index (χ3v) is 4.72. The molecule has 0 spiro atoms. The quantitative estimate of drug-likeness (QED) is 0.787. The van der Waals surface area contributed by atoms with Gasteiger partial charge in [-0.05, 0) is 49.3 Å². The van der Waals surface area contributed by atoms with E-state index >= 15 is 0 Å². The van der Waals surface area contributed by atoms with Crippen LogP contribution in [0.2, 0.25) is 0 Å². The summed E-state index contributed by atoms with van der Waals surface area (Å²) < 4.78 is 5.15. The van der Waals surface area contributed by atoms with Crippen LogP contribution in [0.5, 0.6) is 5.75 Å². The number of likely N-dealkylation sites (tertiary alicyclic amines) is 1. The summed E-state index contributed by atoms with van der Waals surface area (Å²) in [5.41, 5.74) is 1.15. The molecule has 1 atom stereocenters. The lowest BCUT2D eigenvalue weighted by atomic mass is 9.97. The fourth-order valence-electron chi connectivity index (χ4n) is 3.23. The van der Waals surface area contributed by atoms with Gasteiger partial charge in [0.2, 0.25) is 11.8 Å². The number of carbonyl (C=O) groups is 2. The summed E-state index contributed by atoms with van der Waals surface area (Å²) in [6.45, 7) is 4.28. The lowest BCUT2D eigenvalue weighted by Crippen LogP contribution is -2.43. The highest BCUT2D eigenvalue weighted by molar-refractivity contribution is 5.77. The number of hydrogen-bond acceptors (Lipinski definition) is 3. The van der Waals surface area contributed by atoms with Crippen LogP contribution in [0, 0.1) is 5.92 Å². The molecule has 2 rings (SSSR count). The Balaban J connectivity index is 1.75. The maximum Gasteiger partial charge on any atom is 0.222 e. The Bertz CT molecular complexity index is 557. The highest BCUT2D eigenvalue weighted by Crippen LogP contribution is 2.18. The Kier molecular flexibility index (Phi) is 7.76. The smallest absolute Gasteiger partial charge is 0.222 e. The van der Waals surface area contributed by atoms with Gasteiger partial charge in [-0.2, -0.15) is 0 Å². The number of piperidine rings is 1. The second kappa shape index (κ2) is 10.1.